The van der Waals surface area contributed by atoms with Gasteiger partial charge in [0, 0.05) is 0 Å². The maximum Gasteiger partial charge on any atom is 0.336 e. The maximum absolute atomic E-state index is 10.8. The highest BCUT2D eigenvalue weighted by Crippen LogP contribution is 2.16. The third-order valence-corrected chi connectivity index (χ3v) is 2.00. The molecule has 0 spiro atoms. The van der Waals surface area contributed by atoms with Crippen LogP contribution in [0.1, 0.15) is 27.0 Å². The zero-order valence-corrected chi connectivity index (χ0v) is 7.61. The second kappa shape index (κ2) is 3.90. The van der Waals surface area contributed by atoms with E-state index in [9.17, 15) is 4.79 Å². The van der Waals surface area contributed by atoms with Gasteiger partial charge in [0.05, 0.1) is 23.8 Å². The highest BCUT2D eigenvalue weighted by Gasteiger charge is 2.12. The van der Waals surface area contributed by atoms with E-state index in [4.69, 9.17) is 15.5 Å². The van der Waals surface area contributed by atoms with Gasteiger partial charge in [-0.25, -0.2) is 4.79 Å². The molecule has 0 bridgehead atoms. The molecule has 0 aromatic heterocycles. The Morgan fingerprint density at radius 3 is 2.64 bits per heavy atom. The Hall–Kier alpha value is -1.86. The molecular weight excluding hydrogens is 182 g/mol. The summed E-state index contributed by atoms with van der Waals surface area (Å²) in [5.74, 6) is -1.09. The van der Waals surface area contributed by atoms with Crippen LogP contribution in [-0.4, -0.2) is 16.2 Å². The molecule has 1 aromatic carbocycles. The first-order chi connectivity index (χ1) is 6.60. The van der Waals surface area contributed by atoms with Crippen molar-refractivity contribution in [1.82, 2.24) is 0 Å². The van der Waals surface area contributed by atoms with Gasteiger partial charge in [0.25, 0.3) is 0 Å². The molecule has 0 fully saturated rings. The predicted molar refractivity (Wildman–Crippen MR) is 48.8 cm³/mol. The van der Waals surface area contributed by atoms with Crippen LogP contribution in [0.15, 0.2) is 12.1 Å². The fourth-order valence-corrected chi connectivity index (χ4v) is 1.20. The molecule has 1 aromatic rings. The third-order valence-electron chi connectivity index (χ3n) is 2.00. The lowest BCUT2D eigenvalue weighted by Crippen LogP contribution is -2.03. The first kappa shape index (κ1) is 10.2. The molecule has 4 nitrogen and oxygen atoms in total. The molecule has 72 valence electrons. The van der Waals surface area contributed by atoms with Crippen LogP contribution in [-0.2, 0) is 6.61 Å². The van der Waals surface area contributed by atoms with Crippen LogP contribution in [0.3, 0.4) is 0 Å². The summed E-state index contributed by atoms with van der Waals surface area (Å²) in [4.78, 5) is 10.8. The molecule has 0 unspecified atom stereocenters. The molecule has 0 radical (unpaired) electrons. The minimum atomic E-state index is -1.09. The number of carboxylic acids is 1. The zero-order chi connectivity index (χ0) is 10.7. The van der Waals surface area contributed by atoms with E-state index in [0.29, 0.717) is 11.1 Å². The molecular formula is C10H9NO3. The van der Waals surface area contributed by atoms with Gasteiger partial charge in [-0.3, -0.25) is 0 Å². The molecule has 0 aliphatic heterocycles. The molecule has 0 heterocycles. The van der Waals surface area contributed by atoms with Crippen molar-refractivity contribution in [3.8, 4) is 6.07 Å². The van der Waals surface area contributed by atoms with Crippen LogP contribution in [0, 0.1) is 18.3 Å². The largest absolute Gasteiger partial charge is 0.478 e. The molecule has 1 rings (SSSR count). The molecule has 0 saturated carbocycles. The second-order valence-electron chi connectivity index (χ2n) is 2.89. The SMILES string of the molecule is Cc1c(C#N)cc(CO)cc1C(=O)O. The van der Waals surface area contributed by atoms with Crippen LogP contribution in [0.5, 0.6) is 0 Å². The fourth-order valence-electron chi connectivity index (χ4n) is 1.20. The molecule has 0 aliphatic rings. The summed E-state index contributed by atoms with van der Waals surface area (Å²) >= 11 is 0. The van der Waals surface area contributed by atoms with E-state index < -0.39 is 5.97 Å². The summed E-state index contributed by atoms with van der Waals surface area (Å²) in [6, 6.07) is 4.75. The van der Waals surface area contributed by atoms with Crippen molar-refractivity contribution >= 4 is 5.97 Å². The Labute approximate surface area is 81.0 Å². The van der Waals surface area contributed by atoms with Gasteiger partial charge in [0.1, 0.15) is 0 Å². The number of nitrogens with zero attached hydrogens (tertiary/aromatic N) is 1. The van der Waals surface area contributed by atoms with E-state index in [1.54, 1.807) is 6.92 Å². The van der Waals surface area contributed by atoms with Gasteiger partial charge in [0.15, 0.2) is 0 Å². The maximum atomic E-state index is 10.8. The first-order valence-corrected chi connectivity index (χ1v) is 3.98. The van der Waals surface area contributed by atoms with E-state index in [-0.39, 0.29) is 17.7 Å². The smallest absolute Gasteiger partial charge is 0.336 e. The summed E-state index contributed by atoms with van der Waals surface area (Å²) in [6.45, 7) is 1.30. The Morgan fingerprint density at radius 1 is 1.57 bits per heavy atom. The molecule has 14 heavy (non-hydrogen) atoms. The Balaban J connectivity index is 3.44. The van der Waals surface area contributed by atoms with Crippen LogP contribution < -0.4 is 0 Å². The minimum Gasteiger partial charge on any atom is -0.478 e. The quantitative estimate of drug-likeness (QED) is 0.732. The number of nitriles is 1. The number of carbonyl (C=O) groups is 1. The average Bonchev–Trinajstić information content (AvgIpc) is 2.17. The van der Waals surface area contributed by atoms with Gasteiger partial charge in [-0.05, 0) is 30.2 Å². The Bertz CT molecular complexity index is 418. The number of hydrogen-bond donors (Lipinski definition) is 2. The van der Waals surface area contributed by atoms with E-state index in [1.807, 2.05) is 6.07 Å². The predicted octanol–water partition coefficient (Wildman–Crippen LogP) is 1.06. The summed E-state index contributed by atoms with van der Waals surface area (Å²) in [7, 11) is 0. The topological polar surface area (TPSA) is 81.3 Å². The van der Waals surface area contributed by atoms with Crippen molar-refractivity contribution in [1.29, 1.82) is 5.26 Å². The zero-order valence-electron chi connectivity index (χ0n) is 7.61. The number of rotatable bonds is 2. The van der Waals surface area contributed by atoms with Gasteiger partial charge in [-0.2, -0.15) is 5.26 Å². The average molecular weight is 191 g/mol. The Morgan fingerprint density at radius 2 is 2.21 bits per heavy atom. The Kier molecular flexibility index (Phi) is 2.85. The lowest BCUT2D eigenvalue weighted by molar-refractivity contribution is 0.0696. The van der Waals surface area contributed by atoms with Gasteiger partial charge >= 0.3 is 5.97 Å². The minimum absolute atomic E-state index is 0.0631. The second-order valence-corrected chi connectivity index (χ2v) is 2.89. The van der Waals surface area contributed by atoms with Gasteiger partial charge in [-0.1, -0.05) is 0 Å². The van der Waals surface area contributed by atoms with E-state index in [0.717, 1.165) is 0 Å². The number of aromatic carboxylic acids is 1. The highest BCUT2D eigenvalue weighted by atomic mass is 16.4. The lowest BCUT2D eigenvalue weighted by atomic mass is 10.00. The highest BCUT2D eigenvalue weighted by molar-refractivity contribution is 5.90. The van der Waals surface area contributed by atoms with Crippen molar-refractivity contribution in [2.75, 3.05) is 0 Å². The van der Waals surface area contributed by atoms with Crippen molar-refractivity contribution in [3.05, 3.63) is 34.4 Å². The van der Waals surface area contributed by atoms with Crippen molar-refractivity contribution in [3.63, 3.8) is 0 Å². The number of carboxylic acid groups (broad SMARTS) is 1. The summed E-state index contributed by atoms with van der Waals surface area (Å²) in [5, 5.41) is 26.4. The fraction of sp³-hybridized carbons (Fsp3) is 0.200. The normalized spacial score (nSPS) is 9.50. The van der Waals surface area contributed by atoms with Gasteiger partial charge < -0.3 is 10.2 Å². The van der Waals surface area contributed by atoms with Crippen molar-refractivity contribution < 1.29 is 15.0 Å². The molecule has 0 atom stereocenters. The van der Waals surface area contributed by atoms with E-state index in [1.165, 1.54) is 12.1 Å². The van der Waals surface area contributed by atoms with Crippen LogP contribution in [0.25, 0.3) is 0 Å². The summed E-state index contributed by atoms with van der Waals surface area (Å²) in [5.41, 5.74) is 1.21. The third kappa shape index (κ3) is 1.73. The van der Waals surface area contributed by atoms with Gasteiger partial charge in [0.2, 0.25) is 0 Å². The molecule has 0 aliphatic carbocycles. The van der Waals surface area contributed by atoms with Crippen LogP contribution >= 0.6 is 0 Å². The monoisotopic (exact) mass is 191 g/mol. The summed E-state index contributed by atoms with van der Waals surface area (Å²) < 4.78 is 0. The number of benzene rings is 1. The molecule has 0 amide bonds. The standard InChI is InChI=1S/C10H9NO3/c1-6-8(4-11)2-7(5-12)3-9(6)10(13)14/h2-3,12H,5H2,1H3,(H,13,14). The summed E-state index contributed by atoms with van der Waals surface area (Å²) in [6.07, 6.45) is 0. The number of hydrogen-bond acceptors (Lipinski definition) is 3. The number of aliphatic hydroxyl groups is 1. The first-order valence-electron chi connectivity index (χ1n) is 3.98. The van der Waals surface area contributed by atoms with Crippen LogP contribution in [0.4, 0.5) is 0 Å². The van der Waals surface area contributed by atoms with Crippen molar-refractivity contribution in [2.24, 2.45) is 0 Å². The molecule has 2 N–H and O–H groups in total. The van der Waals surface area contributed by atoms with Crippen LogP contribution in [0.2, 0.25) is 0 Å². The molecule has 4 heteroatoms. The molecule has 0 saturated heterocycles. The van der Waals surface area contributed by atoms with E-state index >= 15 is 0 Å². The van der Waals surface area contributed by atoms with Gasteiger partial charge in [-0.15, -0.1) is 0 Å². The van der Waals surface area contributed by atoms with E-state index in [2.05, 4.69) is 0 Å². The lowest BCUT2D eigenvalue weighted by Gasteiger charge is -2.05. The van der Waals surface area contributed by atoms with Crippen molar-refractivity contribution in [2.45, 2.75) is 13.5 Å². The number of aliphatic hydroxyl groups excluding tert-OH is 1.